The van der Waals surface area contributed by atoms with E-state index in [4.69, 9.17) is 0 Å². The summed E-state index contributed by atoms with van der Waals surface area (Å²) in [6, 6.07) is 14.4. The van der Waals surface area contributed by atoms with E-state index in [1.54, 1.807) is 0 Å². The predicted molar refractivity (Wildman–Crippen MR) is 88.5 cm³/mol. The average Bonchev–Trinajstić information content (AvgIpc) is 3.38. The third-order valence-electron chi connectivity index (χ3n) is 4.06. The van der Waals surface area contributed by atoms with Crippen molar-refractivity contribution in [3.8, 4) is 0 Å². The first kappa shape index (κ1) is 16.6. The van der Waals surface area contributed by atoms with Gasteiger partial charge in [0.05, 0.1) is 6.04 Å². The normalized spacial score (nSPS) is 15.7. The van der Waals surface area contributed by atoms with Crippen molar-refractivity contribution in [1.29, 1.82) is 0 Å². The Morgan fingerprint density at radius 3 is 2.33 bits per heavy atom. The van der Waals surface area contributed by atoms with Gasteiger partial charge in [-0.3, -0.25) is 4.79 Å². The number of carbonyl (C=O) groups excluding carboxylic acids is 1. The lowest BCUT2D eigenvalue weighted by Gasteiger charge is -2.19. The summed E-state index contributed by atoms with van der Waals surface area (Å²) >= 11 is 0. The van der Waals surface area contributed by atoms with Crippen LogP contribution in [0.3, 0.4) is 0 Å². The molecule has 0 spiro atoms. The Morgan fingerprint density at radius 2 is 1.71 bits per heavy atom. The van der Waals surface area contributed by atoms with Gasteiger partial charge >= 0.3 is 0 Å². The van der Waals surface area contributed by atoms with E-state index in [-0.39, 0.29) is 6.04 Å². The molecule has 0 aliphatic heterocycles. The average molecular weight is 347 g/mol. The third-order valence-corrected chi connectivity index (χ3v) is 5.70. The summed E-state index contributed by atoms with van der Waals surface area (Å²) in [5, 5.41) is 2.80. The number of rotatable bonds is 6. The summed E-state index contributed by atoms with van der Waals surface area (Å²) in [5.74, 6) is -1.89. The van der Waals surface area contributed by atoms with Gasteiger partial charge in [-0.25, -0.2) is 12.8 Å². The molecule has 0 aromatic heterocycles. The molecule has 0 radical (unpaired) electrons. The highest BCUT2D eigenvalue weighted by atomic mass is 32.2. The fourth-order valence-electron chi connectivity index (χ4n) is 2.73. The quantitative estimate of drug-likeness (QED) is 0.874. The second-order valence-electron chi connectivity index (χ2n) is 5.98. The second-order valence-corrected chi connectivity index (χ2v) is 7.94. The summed E-state index contributed by atoms with van der Waals surface area (Å²) in [6.45, 7) is 0. The molecule has 3 rings (SSSR count). The number of hydrogen-bond donors (Lipinski definition) is 1. The van der Waals surface area contributed by atoms with Gasteiger partial charge in [0, 0.05) is 0 Å². The first-order valence-corrected chi connectivity index (χ1v) is 9.44. The Hall–Kier alpha value is -2.21. The highest BCUT2D eigenvalue weighted by molar-refractivity contribution is 7.92. The zero-order valence-corrected chi connectivity index (χ0v) is 13.8. The lowest BCUT2D eigenvalue weighted by Crippen LogP contribution is -2.34. The Bertz CT molecular complexity index is 832. The molecule has 1 amide bonds. The van der Waals surface area contributed by atoms with Crippen molar-refractivity contribution in [3.63, 3.8) is 0 Å². The molecule has 24 heavy (non-hydrogen) atoms. The minimum atomic E-state index is -4.01. The van der Waals surface area contributed by atoms with E-state index in [9.17, 15) is 17.6 Å². The van der Waals surface area contributed by atoms with Crippen LogP contribution in [0, 0.1) is 11.7 Å². The van der Waals surface area contributed by atoms with Gasteiger partial charge in [0.1, 0.15) is 16.5 Å². The molecule has 0 heterocycles. The predicted octanol–water partition coefficient (Wildman–Crippen LogP) is 2.87. The van der Waals surface area contributed by atoms with Crippen LogP contribution in [-0.2, 0) is 14.6 Å². The summed E-state index contributed by atoms with van der Waals surface area (Å²) < 4.78 is 38.2. The zero-order chi connectivity index (χ0) is 17.2. The molecule has 1 fully saturated rings. The van der Waals surface area contributed by atoms with Gasteiger partial charge in [-0.15, -0.1) is 0 Å². The SMILES string of the molecule is O=C(CS(=O)(=O)c1ccccc1F)N[C@H](c1ccccc1)C1CC1. The van der Waals surface area contributed by atoms with Crippen molar-refractivity contribution in [2.24, 2.45) is 5.92 Å². The van der Waals surface area contributed by atoms with E-state index >= 15 is 0 Å². The second kappa shape index (κ2) is 6.73. The number of benzene rings is 2. The number of amides is 1. The Kier molecular flexibility index (Phi) is 4.66. The topological polar surface area (TPSA) is 63.2 Å². The van der Waals surface area contributed by atoms with Crippen molar-refractivity contribution in [2.45, 2.75) is 23.8 Å². The molecule has 0 bridgehead atoms. The van der Waals surface area contributed by atoms with Gasteiger partial charge < -0.3 is 5.32 Å². The molecular weight excluding hydrogens is 329 g/mol. The molecule has 0 saturated heterocycles. The first-order chi connectivity index (χ1) is 11.5. The first-order valence-electron chi connectivity index (χ1n) is 7.79. The number of halogens is 1. The Balaban J connectivity index is 1.74. The molecule has 2 aromatic carbocycles. The van der Waals surface area contributed by atoms with Crippen molar-refractivity contribution >= 4 is 15.7 Å². The number of carbonyl (C=O) groups is 1. The fourth-order valence-corrected chi connectivity index (χ4v) is 3.96. The fraction of sp³-hybridized carbons (Fsp3) is 0.278. The van der Waals surface area contributed by atoms with E-state index in [0.29, 0.717) is 5.92 Å². The smallest absolute Gasteiger partial charge is 0.236 e. The van der Waals surface area contributed by atoms with Crippen molar-refractivity contribution in [2.75, 3.05) is 5.75 Å². The molecular formula is C18H18FNO3S. The van der Waals surface area contributed by atoms with Crippen molar-refractivity contribution in [3.05, 3.63) is 66.0 Å². The highest BCUT2D eigenvalue weighted by Gasteiger charge is 2.34. The van der Waals surface area contributed by atoms with E-state index in [0.717, 1.165) is 24.5 Å². The van der Waals surface area contributed by atoms with Crippen LogP contribution in [-0.4, -0.2) is 20.1 Å². The van der Waals surface area contributed by atoms with E-state index in [1.807, 2.05) is 30.3 Å². The monoisotopic (exact) mass is 347 g/mol. The van der Waals surface area contributed by atoms with Gasteiger partial charge in [0.25, 0.3) is 0 Å². The molecule has 2 aromatic rings. The summed E-state index contributed by atoms with van der Waals surface area (Å²) in [6.07, 6.45) is 2.00. The van der Waals surface area contributed by atoms with Crippen LogP contribution in [0.25, 0.3) is 0 Å². The van der Waals surface area contributed by atoms with Gasteiger partial charge in [0.15, 0.2) is 9.84 Å². The van der Waals surface area contributed by atoms with Crippen molar-refractivity contribution < 1.29 is 17.6 Å². The van der Waals surface area contributed by atoms with Gasteiger partial charge in [0.2, 0.25) is 5.91 Å². The molecule has 1 N–H and O–H groups in total. The molecule has 0 unspecified atom stereocenters. The third kappa shape index (κ3) is 3.82. The molecule has 4 nitrogen and oxygen atoms in total. The summed E-state index contributed by atoms with van der Waals surface area (Å²) in [5.41, 5.74) is 0.955. The molecule has 1 atom stereocenters. The Morgan fingerprint density at radius 1 is 1.08 bits per heavy atom. The summed E-state index contributed by atoms with van der Waals surface area (Å²) in [7, 11) is -4.01. The van der Waals surface area contributed by atoms with Crippen LogP contribution in [0.4, 0.5) is 4.39 Å². The maximum atomic E-state index is 13.7. The minimum absolute atomic E-state index is 0.200. The van der Waals surface area contributed by atoms with Crippen molar-refractivity contribution in [1.82, 2.24) is 5.32 Å². The van der Waals surface area contributed by atoms with Crippen LogP contribution in [0.5, 0.6) is 0 Å². The standard InChI is InChI=1S/C18H18FNO3S/c19-15-8-4-5-9-16(15)24(22,23)12-17(21)20-18(14-10-11-14)13-6-2-1-3-7-13/h1-9,14,18H,10-12H2,(H,20,21)/t18-/m1/s1. The van der Waals surface area contributed by atoms with Crippen LogP contribution in [0.2, 0.25) is 0 Å². The van der Waals surface area contributed by atoms with Crippen LogP contribution < -0.4 is 5.32 Å². The van der Waals surface area contributed by atoms with E-state index in [1.165, 1.54) is 18.2 Å². The lowest BCUT2D eigenvalue weighted by molar-refractivity contribution is -0.119. The molecule has 126 valence electrons. The highest BCUT2D eigenvalue weighted by Crippen LogP contribution is 2.40. The van der Waals surface area contributed by atoms with E-state index in [2.05, 4.69) is 5.32 Å². The zero-order valence-electron chi connectivity index (χ0n) is 13.0. The van der Waals surface area contributed by atoms with E-state index < -0.39 is 32.2 Å². The number of hydrogen-bond acceptors (Lipinski definition) is 3. The molecule has 1 aliphatic rings. The van der Waals surface area contributed by atoms with Gasteiger partial charge in [-0.1, -0.05) is 42.5 Å². The van der Waals surface area contributed by atoms with Gasteiger partial charge in [-0.2, -0.15) is 0 Å². The maximum absolute atomic E-state index is 13.7. The molecule has 6 heteroatoms. The molecule has 1 saturated carbocycles. The van der Waals surface area contributed by atoms with Crippen LogP contribution >= 0.6 is 0 Å². The number of nitrogens with one attached hydrogen (secondary N) is 1. The lowest BCUT2D eigenvalue weighted by atomic mass is 10.0. The largest absolute Gasteiger partial charge is 0.348 e. The minimum Gasteiger partial charge on any atom is -0.348 e. The van der Waals surface area contributed by atoms with Crippen LogP contribution in [0.1, 0.15) is 24.4 Å². The number of sulfone groups is 1. The Labute approximate surface area is 140 Å². The van der Waals surface area contributed by atoms with Crippen LogP contribution in [0.15, 0.2) is 59.5 Å². The van der Waals surface area contributed by atoms with Gasteiger partial charge in [-0.05, 0) is 36.5 Å². The summed E-state index contributed by atoms with van der Waals surface area (Å²) in [4.78, 5) is 11.8. The maximum Gasteiger partial charge on any atom is 0.236 e. The molecule has 1 aliphatic carbocycles.